The second-order valence-electron chi connectivity index (χ2n) is 7.07. The molecule has 1 aromatic carbocycles. The van der Waals surface area contributed by atoms with Crippen LogP contribution in [0, 0.1) is 0 Å². The molecule has 182 valence electrons. The van der Waals surface area contributed by atoms with Crippen molar-refractivity contribution in [1.82, 2.24) is 9.88 Å². The highest BCUT2D eigenvalue weighted by Crippen LogP contribution is 2.25. The van der Waals surface area contributed by atoms with E-state index < -0.39 is 36.4 Å². The third-order valence-electron chi connectivity index (χ3n) is 4.72. The Morgan fingerprint density at radius 2 is 1.61 bits per heavy atom. The Morgan fingerprint density at radius 1 is 1.06 bits per heavy atom. The lowest BCUT2D eigenvalue weighted by molar-refractivity contribution is -0.339. The number of hydrogen-bond donors (Lipinski definition) is 1. The van der Waals surface area contributed by atoms with E-state index in [0.29, 0.717) is 0 Å². The normalized spacial score (nSPS) is 10.9. The third-order valence-corrected chi connectivity index (χ3v) is 5.66. The molecule has 2 aromatic rings. The van der Waals surface area contributed by atoms with Crippen LogP contribution in [0.2, 0.25) is 0 Å². The zero-order valence-corrected chi connectivity index (χ0v) is 19.6. The van der Waals surface area contributed by atoms with Gasteiger partial charge in [0.05, 0.1) is 18.8 Å². The van der Waals surface area contributed by atoms with Gasteiger partial charge in [-0.15, -0.1) is 11.3 Å². The average Bonchev–Trinajstić information content (AvgIpc) is 3.23. The standard InChI is InChI=1S/C16H22N2OS.C6H8O7/c1-4-18(5-2)11-10-14-12-20-16(17-14)13-6-8-15(19-3)9-7-13;7-3(8)1-6(13,5(11)12)2-4(9)10/h6-9,12H,4-5,10-11H2,1-3H3;13H,1-2H2,(H,7,8)(H,9,10)(H,11,12)/p-3. The molecule has 0 atom stereocenters. The van der Waals surface area contributed by atoms with Crippen molar-refractivity contribution in [2.24, 2.45) is 0 Å². The van der Waals surface area contributed by atoms with Crippen LogP contribution in [-0.2, 0) is 20.8 Å². The summed E-state index contributed by atoms with van der Waals surface area (Å²) in [6.45, 7) is 7.69. The summed E-state index contributed by atoms with van der Waals surface area (Å²) < 4.78 is 5.18. The van der Waals surface area contributed by atoms with Gasteiger partial charge in [-0.25, -0.2) is 4.98 Å². The van der Waals surface area contributed by atoms with Crippen LogP contribution in [0.15, 0.2) is 29.6 Å². The highest BCUT2D eigenvalue weighted by atomic mass is 32.1. The van der Waals surface area contributed by atoms with Gasteiger partial charge in [-0.1, -0.05) is 13.8 Å². The first-order valence-electron chi connectivity index (χ1n) is 10.2. The fraction of sp³-hybridized carbons (Fsp3) is 0.455. The Balaban J connectivity index is 0.000000366. The Hall–Kier alpha value is -3.02. The molecule has 0 saturated carbocycles. The largest absolute Gasteiger partial charge is 0.550 e. The molecule has 0 aliphatic rings. The van der Waals surface area contributed by atoms with Gasteiger partial charge in [0.15, 0.2) is 0 Å². The van der Waals surface area contributed by atoms with Crippen LogP contribution in [-0.4, -0.2) is 65.2 Å². The lowest BCUT2D eigenvalue weighted by Crippen LogP contribution is -2.54. The van der Waals surface area contributed by atoms with Crippen LogP contribution in [0.25, 0.3) is 10.6 Å². The van der Waals surface area contributed by atoms with E-state index in [1.165, 1.54) is 5.69 Å². The number of methoxy groups -OCH3 is 1. The van der Waals surface area contributed by atoms with E-state index in [-0.39, 0.29) is 0 Å². The number of carboxylic acids is 3. The van der Waals surface area contributed by atoms with E-state index in [1.54, 1.807) is 18.4 Å². The van der Waals surface area contributed by atoms with Crippen LogP contribution >= 0.6 is 11.3 Å². The number of aliphatic carboxylic acids is 3. The number of nitrogens with zero attached hydrogens (tertiary/aromatic N) is 2. The quantitative estimate of drug-likeness (QED) is 0.376. The van der Waals surface area contributed by atoms with Gasteiger partial charge in [0.25, 0.3) is 0 Å². The fourth-order valence-corrected chi connectivity index (χ4v) is 3.65. The van der Waals surface area contributed by atoms with Gasteiger partial charge in [-0.2, -0.15) is 0 Å². The SMILES string of the molecule is CCN(CC)CCc1csc(-c2ccc(OC)cc2)n1.O=C([O-])CC(O)(CC(=O)[O-])C(=O)[O-]. The first-order chi connectivity index (χ1) is 15.5. The van der Waals surface area contributed by atoms with Gasteiger partial charge < -0.3 is 44.4 Å². The lowest BCUT2D eigenvalue weighted by Gasteiger charge is -2.29. The number of likely N-dealkylation sites (N-methyl/N-ethyl adjacent to an activating group) is 1. The van der Waals surface area contributed by atoms with E-state index in [9.17, 15) is 29.7 Å². The molecule has 0 spiro atoms. The van der Waals surface area contributed by atoms with Crippen LogP contribution in [0.3, 0.4) is 0 Å². The minimum Gasteiger partial charge on any atom is -0.550 e. The minimum atomic E-state index is -2.97. The number of carbonyl (C=O) groups is 3. The smallest absolute Gasteiger partial charge is 0.123 e. The maximum atomic E-state index is 10.1. The molecule has 33 heavy (non-hydrogen) atoms. The maximum Gasteiger partial charge on any atom is 0.123 e. The van der Waals surface area contributed by atoms with Crippen molar-refractivity contribution >= 4 is 29.2 Å². The Morgan fingerprint density at radius 3 is 2.03 bits per heavy atom. The topological polar surface area (TPSA) is 166 Å². The molecule has 0 aliphatic carbocycles. The molecule has 0 bridgehead atoms. The number of ether oxygens (including phenoxy) is 1. The predicted octanol–water partition coefficient (Wildman–Crippen LogP) is -1.55. The van der Waals surface area contributed by atoms with Gasteiger partial charge in [0, 0.05) is 48.7 Å². The molecule has 2 rings (SSSR count). The number of hydrogen-bond acceptors (Lipinski definition) is 11. The summed E-state index contributed by atoms with van der Waals surface area (Å²) in [6.07, 6.45) is -1.69. The van der Waals surface area contributed by atoms with Crippen molar-refractivity contribution < 1.29 is 39.5 Å². The van der Waals surface area contributed by atoms with E-state index in [1.807, 2.05) is 12.1 Å². The molecular formula is C22H27N2O8S-3. The summed E-state index contributed by atoms with van der Waals surface area (Å²) in [7, 11) is 1.68. The molecule has 0 aliphatic heterocycles. The van der Waals surface area contributed by atoms with Gasteiger partial charge in [-0.05, 0) is 37.4 Å². The second kappa shape index (κ2) is 13.5. The van der Waals surface area contributed by atoms with Crippen molar-refractivity contribution in [3.8, 4) is 16.3 Å². The summed E-state index contributed by atoms with van der Waals surface area (Å²) in [5, 5.41) is 42.2. The van der Waals surface area contributed by atoms with Crippen LogP contribution in [0.5, 0.6) is 5.75 Å². The zero-order chi connectivity index (χ0) is 25.0. The summed E-state index contributed by atoms with van der Waals surface area (Å²) in [5.74, 6) is -5.10. The van der Waals surface area contributed by atoms with Crippen LogP contribution in [0.4, 0.5) is 0 Å². The first kappa shape index (κ1) is 28.0. The molecule has 1 aromatic heterocycles. The molecule has 0 radical (unpaired) electrons. The molecular weight excluding hydrogens is 452 g/mol. The average molecular weight is 480 g/mol. The highest BCUT2D eigenvalue weighted by Gasteiger charge is 2.29. The number of rotatable bonds is 12. The van der Waals surface area contributed by atoms with Crippen molar-refractivity contribution in [3.63, 3.8) is 0 Å². The van der Waals surface area contributed by atoms with Gasteiger partial charge >= 0.3 is 0 Å². The summed E-state index contributed by atoms with van der Waals surface area (Å²) in [5.41, 5.74) is -0.630. The second-order valence-corrected chi connectivity index (χ2v) is 7.92. The van der Waals surface area contributed by atoms with Crippen molar-refractivity contribution in [2.45, 2.75) is 38.7 Å². The molecule has 0 fully saturated rings. The van der Waals surface area contributed by atoms with E-state index in [2.05, 4.69) is 36.3 Å². The van der Waals surface area contributed by atoms with Gasteiger partial charge in [-0.3, -0.25) is 0 Å². The van der Waals surface area contributed by atoms with E-state index in [0.717, 1.165) is 42.4 Å². The van der Waals surface area contributed by atoms with Gasteiger partial charge in [0.2, 0.25) is 0 Å². The molecule has 0 unspecified atom stereocenters. The summed E-state index contributed by atoms with van der Waals surface area (Å²) in [4.78, 5) is 37.2. The molecule has 11 heteroatoms. The van der Waals surface area contributed by atoms with E-state index in [4.69, 9.17) is 14.8 Å². The molecule has 1 N–H and O–H groups in total. The Labute approximate surface area is 196 Å². The fourth-order valence-electron chi connectivity index (χ4n) is 2.78. The third kappa shape index (κ3) is 9.56. The monoisotopic (exact) mass is 479 g/mol. The van der Waals surface area contributed by atoms with Crippen LogP contribution < -0.4 is 20.1 Å². The lowest BCUT2D eigenvalue weighted by atomic mass is 9.96. The van der Waals surface area contributed by atoms with Crippen molar-refractivity contribution in [2.75, 3.05) is 26.7 Å². The zero-order valence-electron chi connectivity index (χ0n) is 18.7. The predicted molar refractivity (Wildman–Crippen MR) is 115 cm³/mol. The summed E-state index contributed by atoms with van der Waals surface area (Å²) >= 11 is 1.71. The van der Waals surface area contributed by atoms with E-state index >= 15 is 0 Å². The highest BCUT2D eigenvalue weighted by molar-refractivity contribution is 7.13. The number of thiazole rings is 1. The van der Waals surface area contributed by atoms with Crippen LogP contribution in [0.1, 0.15) is 32.4 Å². The van der Waals surface area contributed by atoms with Gasteiger partial charge in [0.1, 0.15) is 16.4 Å². The molecule has 0 amide bonds. The number of benzene rings is 1. The minimum absolute atomic E-state index is 0.882. The Bertz CT molecular complexity index is 893. The first-order valence-corrected chi connectivity index (χ1v) is 11.1. The van der Waals surface area contributed by atoms with Crippen molar-refractivity contribution in [3.05, 3.63) is 35.3 Å². The maximum absolute atomic E-state index is 10.1. The number of aromatic nitrogens is 1. The molecule has 0 saturated heterocycles. The molecule has 10 nitrogen and oxygen atoms in total. The summed E-state index contributed by atoms with van der Waals surface area (Å²) in [6, 6.07) is 8.08. The van der Waals surface area contributed by atoms with Crippen molar-refractivity contribution in [1.29, 1.82) is 0 Å². The Kier molecular flexibility index (Phi) is 11.5. The number of carbonyl (C=O) groups excluding carboxylic acids is 3. The molecule has 1 heterocycles. The number of carboxylic acid groups (broad SMARTS) is 3. The number of aliphatic hydroxyl groups is 1.